The molecule has 2 fully saturated rings. The normalized spacial score (nSPS) is 21.5. The molecule has 2 saturated heterocycles. The zero-order chi connectivity index (χ0) is 25.1. The smallest absolute Gasteiger partial charge is 0.137 e. The summed E-state index contributed by atoms with van der Waals surface area (Å²) in [5, 5.41) is 6.41. The Bertz CT molecular complexity index is 1370. The molecule has 3 N–H and O–H groups in total. The van der Waals surface area contributed by atoms with Crippen LogP contribution in [0.25, 0.3) is 33.2 Å². The van der Waals surface area contributed by atoms with Crippen LogP contribution in [0.1, 0.15) is 77.3 Å². The van der Waals surface area contributed by atoms with E-state index in [1.165, 1.54) is 77.4 Å². The zero-order valence-electron chi connectivity index (χ0n) is 22.5. The molecule has 0 spiro atoms. The second-order valence-electron chi connectivity index (χ2n) is 12.5. The van der Waals surface area contributed by atoms with Gasteiger partial charge in [0.05, 0.1) is 5.69 Å². The van der Waals surface area contributed by atoms with Crippen molar-refractivity contribution in [2.75, 3.05) is 13.1 Å². The van der Waals surface area contributed by atoms with Crippen LogP contribution in [0.5, 0.6) is 0 Å². The van der Waals surface area contributed by atoms with Crippen molar-refractivity contribution in [2.24, 2.45) is 0 Å². The summed E-state index contributed by atoms with van der Waals surface area (Å²) in [6.07, 6.45) is 9.87. The third kappa shape index (κ3) is 4.26. The molecule has 0 unspecified atom stereocenters. The van der Waals surface area contributed by atoms with Crippen molar-refractivity contribution in [3.05, 3.63) is 53.9 Å². The van der Waals surface area contributed by atoms with Crippen LogP contribution in [0.2, 0.25) is 0 Å². The van der Waals surface area contributed by atoms with Gasteiger partial charge in [-0.1, -0.05) is 13.0 Å². The van der Waals surface area contributed by atoms with E-state index >= 15 is 0 Å². The molecule has 6 rings (SSSR count). The Kier molecular flexibility index (Phi) is 5.77. The molecular formula is C31H41N5. The molecule has 0 amide bonds. The highest BCUT2D eigenvalue weighted by atomic mass is 15.2. The van der Waals surface area contributed by atoms with Crippen LogP contribution in [0, 0.1) is 0 Å². The summed E-state index contributed by atoms with van der Waals surface area (Å²) in [7, 11) is 0. The fourth-order valence-corrected chi connectivity index (χ4v) is 7.42. The second kappa shape index (κ2) is 8.74. The number of benzene rings is 1. The summed E-state index contributed by atoms with van der Waals surface area (Å²) < 4.78 is 0. The predicted molar refractivity (Wildman–Crippen MR) is 151 cm³/mol. The minimum absolute atomic E-state index is 0.206. The van der Waals surface area contributed by atoms with E-state index in [-0.39, 0.29) is 11.1 Å². The Hall–Kier alpha value is -2.63. The average molecular weight is 484 g/mol. The van der Waals surface area contributed by atoms with Gasteiger partial charge in [0.25, 0.3) is 0 Å². The lowest BCUT2D eigenvalue weighted by atomic mass is 9.78. The average Bonchev–Trinajstić information content (AvgIpc) is 3.46. The van der Waals surface area contributed by atoms with Gasteiger partial charge in [0.2, 0.25) is 0 Å². The van der Waals surface area contributed by atoms with Gasteiger partial charge in [0, 0.05) is 51.4 Å². The fourth-order valence-electron chi connectivity index (χ4n) is 7.42. The highest BCUT2D eigenvalue weighted by Gasteiger charge is 2.40. The van der Waals surface area contributed by atoms with E-state index in [2.05, 4.69) is 90.1 Å². The van der Waals surface area contributed by atoms with Gasteiger partial charge in [-0.2, -0.15) is 0 Å². The van der Waals surface area contributed by atoms with Crippen molar-refractivity contribution >= 4 is 21.9 Å². The van der Waals surface area contributed by atoms with Gasteiger partial charge in [0.15, 0.2) is 0 Å². The monoisotopic (exact) mass is 483 g/mol. The summed E-state index contributed by atoms with van der Waals surface area (Å²) in [5.41, 5.74) is 7.99. The minimum Gasteiger partial charge on any atom is -0.354 e. The molecule has 3 aromatic heterocycles. The maximum absolute atomic E-state index is 4.49. The van der Waals surface area contributed by atoms with E-state index in [4.69, 9.17) is 0 Å². The quantitative estimate of drug-likeness (QED) is 0.300. The topological polar surface area (TPSA) is 59.7 Å². The van der Waals surface area contributed by atoms with Crippen LogP contribution in [-0.2, 0) is 6.42 Å². The van der Waals surface area contributed by atoms with E-state index in [1.54, 1.807) is 0 Å². The molecule has 2 aliphatic heterocycles. The van der Waals surface area contributed by atoms with Crippen LogP contribution in [0.15, 0.2) is 42.7 Å². The molecule has 5 heteroatoms. The van der Waals surface area contributed by atoms with Crippen LogP contribution in [-0.4, -0.2) is 50.1 Å². The fraction of sp³-hybridized carbons (Fsp3) is 0.516. The lowest BCUT2D eigenvalue weighted by Gasteiger charge is -2.51. The van der Waals surface area contributed by atoms with Gasteiger partial charge in [-0.25, -0.2) is 4.98 Å². The number of H-pyrrole nitrogens is 2. The standard InChI is InChI=1S/C31H41N5/c1-6-23-26-17-21(7-8-27(26)34-28(23)24-9-13-32-29-25(24)10-14-33-29)20-11-15-36(16-12-20)22-18-30(2,3)35-31(4,5)19-22/h7-10,13-14,17,20,22,34-35H,6,11-12,15-16,18-19H2,1-5H3,(H,32,33). The maximum Gasteiger partial charge on any atom is 0.137 e. The van der Waals surface area contributed by atoms with Crippen molar-refractivity contribution in [3.63, 3.8) is 0 Å². The number of hydrogen-bond donors (Lipinski definition) is 3. The number of pyridine rings is 1. The van der Waals surface area contributed by atoms with E-state index < -0.39 is 0 Å². The largest absolute Gasteiger partial charge is 0.354 e. The summed E-state index contributed by atoms with van der Waals surface area (Å²) in [4.78, 5) is 14.3. The number of aromatic amines is 2. The van der Waals surface area contributed by atoms with E-state index in [0.717, 1.165) is 12.1 Å². The molecule has 0 radical (unpaired) electrons. The summed E-state index contributed by atoms with van der Waals surface area (Å²) in [5.74, 6) is 0.647. The highest BCUT2D eigenvalue weighted by Crippen LogP contribution is 2.39. The first kappa shape index (κ1) is 23.7. The first-order valence-corrected chi connectivity index (χ1v) is 13.8. The Morgan fingerprint density at radius 2 is 1.72 bits per heavy atom. The zero-order valence-corrected chi connectivity index (χ0v) is 22.5. The van der Waals surface area contributed by atoms with Gasteiger partial charge >= 0.3 is 0 Å². The molecule has 0 saturated carbocycles. The van der Waals surface area contributed by atoms with Crippen molar-refractivity contribution in [3.8, 4) is 11.3 Å². The molecule has 0 aliphatic carbocycles. The van der Waals surface area contributed by atoms with Crippen LogP contribution in [0.3, 0.4) is 0 Å². The number of hydrogen-bond acceptors (Lipinski definition) is 3. The van der Waals surface area contributed by atoms with Gasteiger partial charge in [-0.3, -0.25) is 0 Å². The molecule has 190 valence electrons. The van der Waals surface area contributed by atoms with Crippen molar-refractivity contribution in [2.45, 2.75) is 89.8 Å². The third-order valence-electron chi connectivity index (χ3n) is 8.70. The molecule has 4 aromatic rings. The van der Waals surface area contributed by atoms with Gasteiger partial charge in [-0.15, -0.1) is 0 Å². The summed E-state index contributed by atoms with van der Waals surface area (Å²) in [6, 6.07) is 12.1. The minimum atomic E-state index is 0.206. The van der Waals surface area contributed by atoms with Crippen molar-refractivity contribution in [1.82, 2.24) is 25.2 Å². The molecular weight excluding hydrogens is 442 g/mol. The molecule has 0 bridgehead atoms. The number of nitrogens with one attached hydrogen (secondary N) is 3. The van der Waals surface area contributed by atoms with E-state index in [0.29, 0.717) is 12.0 Å². The number of nitrogens with zero attached hydrogens (tertiary/aromatic N) is 2. The Balaban J connectivity index is 1.24. The Labute approximate surface area is 215 Å². The second-order valence-corrected chi connectivity index (χ2v) is 12.5. The number of aryl methyl sites for hydroxylation is 1. The molecule has 1 aromatic carbocycles. The van der Waals surface area contributed by atoms with Gasteiger partial charge < -0.3 is 20.2 Å². The van der Waals surface area contributed by atoms with E-state index in [1.807, 2.05) is 12.4 Å². The molecule has 5 heterocycles. The first-order chi connectivity index (χ1) is 17.2. The lowest BCUT2D eigenvalue weighted by Crippen LogP contribution is -2.62. The number of likely N-dealkylation sites (tertiary alicyclic amines) is 1. The summed E-state index contributed by atoms with van der Waals surface area (Å²) >= 11 is 0. The SMILES string of the molecule is CCc1c(-c2ccnc3[nH]ccc23)[nH]c2ccc(C3CCN(C4CC(C)(C)NC(C)(C)C4)CC3)cc12. The van der Waals surface area contributed by atoms with Crippen LogP contribution < -0.4 is 5.32 Å². The highest BCUT2D eigenvalue weighted by molar-refractivity contribution is 5.98. The molecule has 0 atom stereocenters. The Morgan fingerprint density at radius 3 is 2.44 bits per heavy atom. The van der Waals surface area contributed by atoms with Crippen molar-refractivity contribution in [1.29, 1.82) is 0 Å². The number of rotatable bonds is 4. The van der Waals surface area contributed by atoms with Crippen molar-refractivity contribution < 1.29 is 0 Å². The van der Waals surface area contributed by atoms with Gasteiger partial charge in [0.1, 0.15) is 5.65 Å². The number of piperidine rings is 2. The van der Waals surface area contributed by atoms with E-state index in [9.17, 15) is 0 Å². The maximum atomic E-state index is 4.49. The molecule has 36 heavy (non-hydrogen) atoms. The number of aromatic nitrogens is 3. The first-order valence-electron chi connectivity index (χ1n) is 13.8. The predicted octanol–water partition coefficient (Wildman–Crippen LogP) is 6.76. The molecule has 5 nitrogen and oxygen atoms in total. The number of fused-ring (bicyclic) bond motifs is 2. The van der Waals surface area contributed by atoms with Gasteiger partial charge in [-0.05, 0) is 114 Å². The van der Waals surface area contributed by atoms with Crippen LogP contribution in [0.4, 0.5) is 0 Å². The van der Waals surface area contributed by atoms with Crippen LogP contribution >= 0.6 is 0 Å². The third-order valence-corrected chi connectivity index (χ3v) is 8.70. The molecule has 2 aliphatic rings. The summed E-state index contributed by atoms with van der Waals surface area (Å²) in [6.45, 7) is 14.2. The lowest BCUT2D eigenvalue weighted by molar-refractivity contribution is 0.0511. The Morgan fingerprint density at radius 1 is 0.972 bits per heavy atom.